The molecule has 0 amide bonds. The highest BCUT2D eigenvalue weighted by Gasteiger charge is 2.24. The molecule has 2 aromatic rings. The summed E-state index contributed by atoms with van der Waals surface area (Å²) in [5.41, 5.74) is 0.461. The molecule has 2 atom stereocenters. The molecule has 2 fully saturated rings. The van der Waals surface area contributed by atoms with E-state index in [4.69, 9.17) is 0 Å². The molecule has 0 bridgehead atoms. The van der Waals surface area contributed by atoms with Crippen LogP contribution in [0.3, 0.4) is 0 Å². The van der Waals surface area contributed by atoms with Crippen LogP contribution in [0.5, 0.6) is 5.75 Å². The second-order valence-corrected chi connectivity index (χ2v) is 8.79. The van der Waals surface area contributed by atoms with Crippen LogP contribution in [0.15, 0.2) is 18.2 Å². The Morgan fingerprint density at radius 1 is 1.03 bits per heavy atom. The first kappa shape index (κ1) is 22.5. The Kier molecular flexibility index (Phi) is 7.57. The Morgan fingerprint density at radius 3 is 2.47 bits per heavy atom. The number of rotatable bonds is 8. The number of hydrogen-bond donors (Lipinski definition) is 5. The largest absolute Gasteiger partial charge is 0.505 e. The van der Waals surface area contributed by atoms with E-state index in [9.17, 15) is 9.50 Å². The highest BCUT2D eigenvalue weighted by Crippen LogP contribution is 2.24. The molecular formula is C23H34FN7O. The molecule has 32 heavy (non-hydrogen) atoms. The van der Waals surface area contributed by atoms with Crippen molar-refractivity contribution in [2.45, 2.75) is 82.8 Å². The van der Waals surface area contributed by atoms with Crippen molar-refractivity contribution in [1.82, 2.24) is 20.3 Å². The maximum absolute atomic E-state index is 13.8. The van der Waals surface area contributed by atoms with E-state index in [0.717, 1.165) is 32.2 Å². The normalized spacial score (nSPS) is 20.5. The standard InChI is InChI=1S/C23H34FN7O/c1-2-18(19-10-7-13-25-19)28-23-30-21(26-15-8-5-3-4-6-9-15)29-22(31-23)27-16-11-12-20(32)17(24)14-16/h11-12,14-15,18-19,25,32H,2-10,13H2,1H3,(H3,26,27,28,29,30,31). The summed E-state index contributed by atoms with van der Waals surface area (Å²) in [7, 11) is 0. The zero-order chi connectivity index (χ0) is 22.3. The Balaban J connectivity index is 1.56. The van der Waals surface area contributed by atoms with Gasteiger partial charge in [0.05, 0.1) is 0 Å². The van der Waals surface area contributed by atoms with Gasteiger partial charge in [-0.1, -0.05) is 32.6 Å². The molecule has 2 aliphatic rings. The van der Waals surface area contributed by atoms with E-state index in [1.54, 1.807) is 6.07 Å². The number of hydrogen-bond acceptors (Lipinski definition) is 8. The Bertz CT molecular complexity index is 883. The summed E-state index contributed by atoms with van der Waals surface area (Å²) in [5.74, 6) is 0.262. The van der Waals surface area contributed by atoms with Crippen molar-refractivity contribution in [2.75, 3.05) is 22.5 Å². The van der Waals surface area contributed by atoms with Crippen molar-refractivity contribution in [3.8, 4) is 5.75 Å². The third-order valence-electron chi connectivity index (χ3n) is 6.37. The summed E-state index contributed by atoms with van der Waals surface area (Å²) in [6, 6.07) is 5.06. The fourth-order valence-corrected chi connectivity index (χ4v) is 4.59. The molecule has 2 unspecified atom stereocenters. The number of nitrogens with zero attached hydrogens (tertiary/aromatic N) is 3. The number of phenols is 1. The Morgan fingerprint density at radius 2 is 1.78 bits per heavy atom. The number of phenolic OH excluding ortho intramolecular Hbond substituents is 1. The van der Waals surface area contributed by atoms with E-state index in [-0.39, 0.29) is 11.8 Å². The molecule has 1 aromatic carbocycles. The maximum Gasteiger partial charge on any atom is 0.233 e. The predicted octanol–water partition coefficient (Wildman–Crippen LogP) is 4.54. The first-order valence-corrected chi connectivity index (χ1v) is 11.9. The molecule has 1 aliphatic heterocycles. The van der Waals surface area contributed by atoms with Gasteiger partial charge in [-0.2, -0.15) is 15.0 Å². The van der Waals surface area contributed by atoms with Gasteiger partial charge in [0.2, 0.25) is 17.8 Å². The molecule has 0 radical (unpaired) electrons. The zero-order valence-electron chi connectivity index (χ0n) is 18.7. The molecule has 4 rings (SSSR count). The van der Waals surface area contributed by atoms with Crippen LogP contribution in [0, 0.1) is 5.82 Å². The van der Waals surface area contributed by atoms with Gasteiger partial charge in [0.15, 0.2) is 11.6 Å². The lowest BCUT2D eigenvalue weighted by atomic mass is 10.0. The molecular weight excluding hydrogens is 409 g/mol. The lowest BCUT2D eigenvalue weighted by Crippen LogP contribution is -2.40. The minimum atomic E-state index is -0.697. The minimum Gasteiger partial charge on any atom is -0.505 e. The highest BCUT2D eigenvalue weighted by molar-refractivity contribution is 5.57. The van der Waals surface area contributed by atoms with Crippen molar-refractivity contribution in [3.05, 3.63) is 24.0 Å². The van der Waals surface area contributed by atoms with E-state index in [1.165, 1.54) is 44.2 Å². The fraction of sp³-hybridized carbons (Fsp3) is 0.609. The third kappa shape index (κ3) is 5.97. The highest BCUT2D eigenvalue weighted by atomic mass is 19.1. The average Bonchev–Trinajstić information content (AvgIpc) is 3.19. The zero-order valence-corrected chi connectivity index (χ0v) is 18.7. The molecule has 9 heteroatoms. The minimum absolute atomic E-state index is 0.213. The van der Waals surface area contributed by atoms with Gasteiger partial charge in [0.25, 0.3) is 0 Å². The first-order valence-electron chi connectivity index (χ1n) is 11.9. The first-order chi connectivity index (χ1) is 15.6. The van der Waals surface area contributed by atoms with Gasteiger partial charge >= 0.3 is 0 Å². The molecule has 0 spiro atoms. The quantitative estimate of drug-likeness (QED) is 0.299. The van der Waals surface area contributed by atoms with Crippen molar-refractivity contribution < 1.29 is 9.50 Å². The van der Waals surface area contributed by atoms with E-state index < -0.39 is 5.82 Å². The van der Waals surface area contributed by atoms with Gasteiger partial charge in [0.1, 0.15) is 0 Å². The van der Waals surface area contributed by atoms with Crippen LogP contribution in [0.4, 0.5) is 27.9 Å². The van der Waals surface area contributed by atoms with E-state index >= 15 is 0 Å². The maximum atomic E-state index is 13.8. The number of halogens is 1. The van der Waals surface area contributed by atoms with Crippen LogP contribution in [0.2, 0.25) is 0 Å². The number of aromatic nitrogens is 3. The summed E-state index contributed by atoms with van der Waals surface area (Å²) in [6.45, 7) is 3.19. The van der Waals surface area contributed by atoms with Crippen LogP contribution in [-0.2, 0) is 0 Å². The van der Waals surface area contributed by atoms with Gasteiger partial charge in [-0.15, -0.1) is 0 Å². The van der Waals surface area contributed by atoms with E-state index in [1.807, 2.05) is 0 Å². The molecule has 1 aliphatic carbocycles. The molecule has 5 N–H and O–H groups in total. The van der Waals surface area contributed by atoms with Crippen molar-refractivity contribution in [2.24, 2.45) is 0 Å². The monoisotopic (exact) mass is 443 g/mol. The van der Waals surface area contributed by atoms with Crippen LogP contribution in [-0.4, -0.2) is 44.7 Å². The molecule has 8 nitrogen and oxygen atoms in total. The van der Waals surface area contributed by atoms with Gasteiger partial charge in [0, 0.05) is 29.9 Å². The topological polar surface area (TPSA) is 107 Å². The summed E-state index contributed by atoms with van der Waals surface area (Å²) in [5, 5.41) is 23.1. The molecule has 1 saturated carbocycles. The van der Waals surface area contributed by atoms with Crippen LogP contribution in [0.1, 0.15) is 64.7 Å². The van der Waals surface area contributed by atoms with Crippen LogP contribution < -0.4 is 21.3 Å². The Labute approximate surface area is 188 Å². The second-order valence-electron chi connectivity index (χ2n) is 8.79. The third-order valence-corrected chi connectivity index (χ3v) is 6.37. The number of anilines is 4. The van der Waals surface area contributed by atoms with Crippen molar-refractivity contribution >= 4 is 23.5 Å². The SMILES string of the molecule is CCC(Nc1nc(Nc2ccc(O)c(F)c2)nc(NC2CCCCCC2)n1)C1CCCN1. The smallest absolute Gasteiger partial charge is 0.233 e. The summed E-state index contributed by atoms with van der Waals surface area (Å²) in [4.78, 5) is 13.8. The second kappa shape index (κ2) is 10.8. The fourth-order valence-electron chi connectivity index (χ4n) is 4.59. The Hall–Kier alpha value is -2.68. The summed E-state index contributed by atoms with van der Waals surface area (Å²) >= 11 is 0. The van der Waals surface area contributed by atoms with E-state index in [0.29, 0.717) is 35.6 Å². The van der Waals surface area contributed by atoms with Gasteiger partial charge in [-0.25, -0.2) is 4.39 Å². The lowest BCUT2D eigenvalue weighted by molar-refractivity contribution is 0.432. The number of aromatic hydroxyl groups is 1. The van der Waals surface area contributed by atoms with Crippen molar-refractivity contribution in [1.29, 1.82) is 0 Å². The van der Waals surface area contributed by atoms with Gasteiger partial charge in [-0.3, -0.25) is 0 Å². The molecule has 174 valence electrons. The number of benzene rings is 1. The summed E-state index contributed by atoms with van der Waals surface area (Å²) in [6.07, 6.45) is 10.4. The van der Waals surface area contributed by atoms with Crippen LogP contribution >= 0.6 is 0 Å². The lowest BCUT2D eigenvalue weighted by Gasteiger charge is -2.24. The molecule has 1 saturated heterocycles. The molecule has 2 heterocycles. The van der Waals surface area contributed by atoms with Crippen LogP contribution in [0.25, 0.3) is 0 Å². The number of nitrogens with one attached hydrogen (secondary N) is 4. The van der Waals surface area contributed by atoms with E-state index in [2.05, 4.69) is 43.1 Å². The molecule has 1 aromatic heterocycles. The summed E-state index contributed by atoms with van der Waals surface area (Å²) < 4.78 is 13.8. The predicted molar refractivity (Wildman–Crippen MR) is 125 cm³/mol. The van der Waals surface area contributed by atoms with Crippen molar-refractivity contribution in [3.63, 3.8) is 0 Å². The van der Waals surface area contributed by atoms with Gasteiger partial charge < -0.3 is 26.4 Å². The van der Waals surface area contributed by atoms with Gasteiger partial charge in [-0.05, 0) is 50.8 Å². The average molecular weight is 444 g/mol.